The molecule has 4 rings (SSSR count). The lowest BCUT2D eigenvalue weighted by Gasteiger charge is -2.42. The summed E-state index contributed by atoms with van der Waals surface area (Å²) < 4.78 is 40.9. The molecule has 2 fully saturated rings. The van der Waals surface area contributed by atoms with Crippen LogP contribution < -0.4 is 10.1 Å². The monoisotopic (exact) mass is 517 g/mol. The molecule has 200 valence electrons. The lowest BCUT2D eigenvalue weighted by molar-refractivity contribution is -0.274. The molecule has 0 saturated carbocycles. The van der Waals surface area contributed by atoms with Gasteiger partial charge in [0.25, 0.3) is 11.8 Å². The van der Waals surface area contributed by atoms with E-state index < -0.39 is 6.36 Å². The summed E-state index contributed by atoms with van der Waals surface area (Å²) in [6, 6.07) is 9.68. The quantitative estimate of drug-likeness (QED) is 0.606. The number of amides is 2. The number of aryl methyl sites for hydroxylation is 3. The lowest BCUT2D eigenvalue weighted by Crippen LogP contribution is -2.51. The second kappa shape index (κ2) is 11.1. The van der Waals surface area contributed by atoms with Gasteiger partial charge in [0, 0.05) is 49.4 Å². The van der Waals surface area contributed by atoms with Crippen molar-refractivity contribution in [3.05, 3.63) is 64.2 Å². The van der Waals surface area contributed by atoms with Crippen molar-refractivity contribution >= 4 is 11.8 Å². The van der Waals surface area contributed by atoms with Crippen LogP contribution in [0.15, 0.2) is 36.4 Å². The Bertz CT molecular complexity index is 1090. The van der Waals surface area contributed by atoms with Gasteiger partial charge in [-0.2, -0.15) is 0 Å². The van der Waals surface area contributed by atoms with Gasteiger partial charge < -0.3 is 19.9 Å². The van der Waals surface area contributed by atoms with Gasteiger partial charge in [-0.25, -0.2) is 0 Å². The van der Waals surface area contributed by atoms with Gasteiger partial charge in [0.15, 0.2) is 0 Å². The van der Waals surface area contributed by atoms with Gasteiger partial charge in [-0.1, -0.05) is 17.7 Å². The highest BCUT2D eigenvalue weighted by Crippen LogP contribution is 2.25. The third-order valence-corrected chi connectivity index (χ3v) is 7.37. The summed E-state index contributed by atoms with van der Waals surface area (Å²) >= 11 is 0. The first-order valence-corrected chi connectivity index (χ1v) is 12.8. The number of likely N-dealkylation sites (tertiary alicyclic amines) is 2. The van der Waals surface area contributed by atoms with Gasteiger partial charge in [0.1, 0.15) is 5.75 Å². The predicted molar refractivity (Wildman–Crippen MR) is 135 cm³/mol. The Hall–Kier alpha value is -3.07. The number of nitrogens with zero attached hydrogens (tertiary/aromatic N) is 2. The van der Waals surface area contributed by atoms with Crippen LogP contribution in [0.3, 0.4) is 0 Å². The van der Waals surface area contributed by atoms with E-state index in [0.29, 0.717) is 24.7 Å². The predicted octanol–water partition coefficient (Wildman–Crippen LogP) is 5.01. The fraction of sp³-hybridized carbons (Fsp3) is 0.500. The maximum Gasteiger partial charge on any atom is 0.573 e. The summed E-state index contributed by atoms with van der Waals surface area (Å²) in [5.41, 5.74) is 4.27. The van der Waals surface area contributed by atoms with E-state index in [0.717, 1.165) is 73.2 Å². The highest BCUT2D eigenvalue weighted by molar-refractivity contribution is 5.97. The minimum atomic E-state index is -4.76. The first-order chi connectivity index (χ1) is 17.5. The van der Waals surface area contributed by atoms with Crippen LogP contribution in [-0.2, 0) is 0 Å². The molecule has 1 N–H and O–H groups in total. The molecule has 2 aromatic carbocycles. The van der Waals surface area contributed by atoms with Crippen molar-refractivity contribution in [2.24, 2.45) is 0 Å². The fourth-order valence-corrected chi connectivity index (χ4v) is 5.62. The van der Waals surface area contributed by atoms with Crippen LogP contribution in [0, 0.1) is 20.8 Å². The zero-order chi connectivity index (χ0) is 26.7. The molecule has 0 spiro atoms. The Morgan fingerprint density at radius 1 is 0.892 bits per heavy atom. The van der Waals surface area contributed by atoms with Crippen LogP contribution in [0.25, 0.3) is 0 Å². The summed E-state index contributed by atoms with van der Waals surface area (Å²) in [5.74, 6) is -0.523. The zero-order valence-electron chi connectivity index (χ0n) is 21.5. The number of benzene rings is 2. The normalized spacial score (nSPS) is 18.1. The van der Waals surface area contributed by atoms with Crippen molar-refractivity contribution in [1.29, 1.82) is 0 Å². The topological polar surface area (TPSA) is 61.9 Å². The van der Waals surface area contributed by atoms with Crippen molar-refractivity contribution in [3.63, 3.8) is 0 Å². The molecule has 9 heteroatoms. The van der Waals surface area contributed by atoms with E-state index in [1.165, 1.54) is 12.1 Å². The molecule has 2 heterocycles. The van der Waals surface area contributed by atoms with Crippen LogP contribution in [0.5, 0.6) is 5.75 Å². The van der Waals surface area contributed by atoms with E-state index in [1.807, 2.05) is 32.9 Å². The summed E-state index contributed by atoms with van der Waals surface area (Å²) in [4.78, 5) is 30.0. The number of halogens is 3. The third kappa shape index (κ3) is 6.83. The van der Waals surface area contributed by atoms with Crippen LogP contribution in [0.2, 0.25) is 0 Å². The molecule has 0 aliphatic carbocycles. The second-order valence-corrected chi connectivity index (χ2v) is 10.2. The average molecular weight is 518 g/mol. The smallest absolute Gasteiger partial charge is 0.406 e. The van der Waals surface area contributed by atoms with Crippen LogP contribution in [0.4, 0.5) is 13.2 Å². The van der Waals surface area contributed by atoms with E-state index in [-0.39, 0.29) is 23.6 Å². The minimum Gasteiger partial charge on any atom is -0.406 e. The molecular formula is C28H34F3N3O3. The Labute approximate surface area is 215 Å². The highest BCUT2D eigenvalue weighted by Gasteiger charge is 2.32. The van der Waals surface area contributed by atoms with Crippen molar-refractivity contribution in [1.82, 2.24) is 15.1 Å². The first kappa shape index (κ1) is 27.0. The molecule has 2 aromatic rings. The van der Waals surface area contributed by atoms with Crippen molar-refractivity contribution in [2.75, 3.05) is 26.2 Å². The average Bonchev–Trinajstić information content (AvgIpc) is 2.83. The fourth-order valence-electron chi connectivity index (χ4n) is 5.62. The SMILES string of the molecule is Cc1cc(C)c(C(=O)NC2CCN(C3CCN(C(=O)c4ccc(OC(F)(F)F)cc4)CC3)CC2)c(C)c1. The van der Waals surface area contributed by atoms with Gasteiger partial charge in [0.2, 0.25) is 0 Å². The number of rotatable bonds is 5. The molecular weight excluding hydrogens is 483 g/mol. The van der Waals surface area contributed by atoms with E-state index in [4.69, 9.17) is 0 Å². The number of carbonyl (C=O) groups excluding carboxylic acids is 2. The maximum atomic E-state index is 12.9. The van der Waals surface area contributed by atoms with Crippen LogP contribution in [-0.4, -0.2) is 66.2 Å². The Morgan fingerprint density at radius 3 is 2.00 bits per heavy atom. The van der Waals surface area contributed by atoms with E-state index in [2.05, 4.69) is 15.0 Å². The third-order valence-electron chi connectivity index (χ3n) is 7.37. The summed E-state index contributed by atoms with van der Waals surface area (Å²) in [6.07, 6.45) is -1.28. The van der Waals surface area contributed by atoms with E-state index >= 15 is 0 Å². The van der Waals surface area contributed by atoms with Crippen molar-refractivity contribution in [3.8, 4) is 5.75 Å². The maximum absolute atomic E-state index is 12.9. The van der Waals surface area contributed by atoms with Gasteiger partial charge in [-0.15, -0.1) is 13.2 Å². The van der Waals surface area contributed by atoms with Gasteiger partial charge in [-0.05, 0) is 81.8 Å². The standard InChI is InChI=1S/C28H34F3N3O3/c1-18-16-19(2)25(20(3)17-18)26(35)32-22-8-12-33(13-9-22)23-10-14-34(15-11-23)27(36)21-4-6-24(7-5-21)37-28(29,30)31/h4-7,16-17,22-23H,8-15H2,1-3H3,(H,32,35). The molecule has 0 bridgehead atoms. The molecule has 2 aliphatic heterocycles. The van der Waals surface area contributed by atoms with E-state index in [1.54, 1.807) is 4.90 Å². The molecule has 37 heavy (non-hydrogen) atoms. The van der Waals surface area contributed by atoms with Gasteiger partial charge in [-0.3, -0.25) is 9.59 Å². The molecule has 2 saturated heterocycles. The number of hydrogen-bond acceptors (Lipinski definition) is 4. The Kier molecular flexibility index (Phi) is 8.11. The number of piperidine rings is 2. The molecule has 0 aromatic heterocycles. The number of alkyl halides is 3. The summed E-state index contributed by atoms with van der Waals surface area (Å²) in [7, 11) is 0. The molecule has 0 unspecified atom stereocenters. The number of hydrogen-bond donors (Lipinski definition) is 1. The van der Waals surface area contributed by atoms with Gasteiger partial charge in [0.05, 0.1) is 0 Å². The number of nitrogens with one attached hydrogen (secondary N) is 1. The molecule has 2 aliphatic rings. The van der Waals surface area contributed by atoms with Crippen molar-refractivity contribution in [2.45, 2.75) is 64.9 Å². The number of ether oxygens (including phenoxy) is 1. The molecule has 6 nitrogen and oxygen atoms in total. The molecule has 0 atom stereocenters. The van der Waals surface area contributed by atoms with E-state index in [9.17, 15) is 22.8 Å². The molecule has 0 radical (unpaired) electrons. The zero-order valence-corrected chi connectivity index (χ0v) is 21.5. The lowest BCUT2D eigenvalue weighted by atomic mass is 9.96. The molecule has 2 amide bonds. The summed E-state index contributed by atoms with van der Waals surface area (Å²) in [5, 5.41) is 3.23. The van der Waals surface area contributed by atoms with Crippen LogP contribution in [0.1, 0.15) is 63.1 Å². The van der Waals surface area contributed by atoms with Gasteiger partial charge >= 0.3 is 6.36 Å². The Balaban J connectivity index is 1.23. The first-order valence-electron chi connectivity index (χ1n) is 12.8. The highest BCUT2D eigenvalue weighted by atomic mass is 19.4. The second-order valence-electron chi connectivity index (χ2n) is 10.2. The Morgan fingerprint density at radius 2 is 1.46 bits per heavy atom. The van der Waals surface area contributed by atoms with Crippen LogP contribution >= 0.6 is 0 Å². The van der Waals surface area contributed by atoms with Crippen molar-refractivity contribution < 1.29 is 27.5 Å². The summed E-state index contributed by atoms with van der Waals surface area (Å²) in [6.45, 7) is 9.00. The largest absolute Gasteiger partial charge is 0.573 e. The number of carbonyl (C=O) groups is 2. The minimum absolute atomic E-state index is 0.00160.